The van der Waals surface area contributed by atoms with Crippen molar-refractivity contribution in [2.24, 2.45) is 11.8 Å². The summed E-state index contributed by atoms with van der Waals surface area (Å²) >= 11 is 2.17. The van der Waals surface area contributed by atoms with E-state index in [9.17, 15) is 0 Å². The van der Waals surface area contributed by atoms with Gasteiger partial charge in [0.25, 0.3) is 0 Å². The van der Waals surface area contributed by atoms with Gasteiger partial charge < -0.3 is 5.32 Å². The highest BCUT2D eigenvalue weighted by molar-refractivity contribution is 8.00. The normalized spacial score (nSPS) is 44.8. The molecule has 2 aliphatic rings. The third-order valence-electron chi connectivity index (χ3n) is 4.66. The summed E-state index contributed by atoms with van der Waals surface area (Å²) in [6.45, 7) is 8.50. The van der Waals surface area contributed by atoms with Gasteiger partial charge in [-0.3, -0.25) is 0 Å². The average molecular weight is 241 g/mol. The Kier molecular flexibility index (Phi) is 4.23. The summed E-state index contributed by atoms with van der Waals surface area (Å²) in [5, 5.41) is 3.83. The molecule has 1 aliphatic heterocycles. The molecule has 94 valence electrons. The van der Waals surface area contributed by atoms with Crippen LogP contribution in [0, 0.1) is 11.8 Å². The predicted molar refractivity (Wildman–Crippen MR) is 74.1 cm³/mol. The summed E-state index contributed by atoms with van der Waals surface area (Å²) in [5.41, 5.74) is 0. The minimum atomic E-state index is 0.534. The number of rotatable bonds is 3. The lowest BCUT2D eigenvalue weighted by molar-refractivity contribution is 0.223. The Bertz CT molecular complexity index is 223. The van der Waals surface area contributed by atoms with Gasteiger partial charge in [-0.15, -0.1) is 0 Å². The molecule has 0 amide bonds. The van der Waals surface area contributed by atoms with Crippen molar-refractivity contribution in [3.8, 4) is 0 Å². The van der Waals surface area contributed by atoms with Gasteiger partial charge in [-0.2, -0.15) is 11.8 Å². The van der Waals surface area contributed by atoms with Gasteiger partial charge in [-0.1, -0.05) is 13.8 Å². The van der Waals surface area contributed by atoms with Crippen molar-refractivity contribution in [1.82, 2.24) is 5.32 Å². The molecule has 1 aliphatic carbocycles. The van der Waals surface area contributed by atoms with Crippen LogP contribution in [0.15, 0.2) is 0 Å². The van der Waals surface area contributed by atoms with Crippen molar-refractivity contribution in [2.75, 3.05) is 12.3 Å². The maximum atomic E-state index is 3.83. The van der Waals surface area contributed by atoms with Crippen LogP contribution >= 0.6 is 11.8 Å². The lowest BCUT2D eigenvalue weighted by atomic mass is 9.79. The molecule has 1 saturated heterocycles. The highest BCUT2D eigenvalue weighted by atomic mass is 32.2. The summed E-state index contributed by atoms with van der Waals surface area (Å²) in [4.78, 5) is 0. The van der Waals surface area contributed by atoms with Gasteiger partial charge in [0.15, 0.2) is 0 Å². The first-order valence-corrected chi connectivity index (χ1v) is 7.95. The molecular weight excluding hydrogens is 214 g/mol. The molecule has 1 heterocycles. The van der Waals surface area contributed by atoms with Gasteiger partial charge in [0, 0.05) is 17.3 Å². The van der Waals surface area contributed by atoms with Crippen LogP contribution in [0.4, 0.5) is 0 Å². The number of hydrogen-bond acceptors (Lipinski definition) is 2. The van der Waals surface area contributed by atoms with E-state index < -0.39 is 0 Å². The van der Waals surface area contributed by atoms with Crippen molar-refractivity contribution >= 4 is 11.8 Å². The van der Waals surface area contributed by atoms with E-state index in [-0.39, 0.29) is 0 Å². The monoisotopic (exact) mass is 241 g/mol. The second-order valence-corrected chi connectivity index (χ2v) is 7.93. The first kappa shape index (κ1) is 12.8. The first-order chi connectivity index (χ1) is 7.59. The zero-order valence-electron chi connectivity index (χ0n) is 11.1. The molecule has 4 atom stereocenters. The van der Waals surface area contributed by atoms with E-state index in [2.05, 4.69) is 37.8 Å². The molecule has 4 unspecified atom stereocenters. The van der Waals surface area contributed by atoms with Crippen LogP contribution in [0.1, 0.15) is 52.9 Å². The lowest BCUT2D eigenvalue weighted by Crippen LogP contribution is -2.42. The Morgan fingerprint density at radius 1 is 1.25 bits per heavy atom. The van der Waals surface area contributed by atoms with Crippen molar-refractivity contribution < 1.29 is 0 Å². The van der Waals surface area contributed by atoms with Crippen molar-refractivity contribution in [2.45, 2.75) is 63.7 Å². The molecule has 0 radical (unpaired) electrons. The van der Waals surface area contributed by atoms with Crippen LogP contribution in [-0.4, -0.2) is 23.1 Å². The van der Waals surface area contributed by atoms with Gasteiger partial charge in [-0.25, -0.2) is 0 Å². The molecule has 0 aromatic carbocycles. The van der Waals surface area contributed by atoms with Crippen molar-refractivity contribution in [3.05, 3.63) is 0 Å². The molecule has 16 heavy (non-hydrogen) atoms. The van der Waals surface area contributed by atoms with Gasteiger partial charge >= 0.3 is 0 Å². The molecule has 0 spiro atoms. The second kappa shape index (κ2) is 5.30. The minimum absolute atomic E-state index is 0.534. The van der Waals surface area contributed by atoms with Crippen molar-refractivity contribution in [3.63, 3.8) is 0 Å². The van der Waals surface area contributed by atoms with Crippen LogP contribution in [0.5, 0.6) is 0 Å². The van der Waals surface area contributed by atoms with Gasteiger partial charge in [0.05, 0.1) is 0 Å². The van der Waals surface area contributed by atoms with Crippen LogP contribution < -0.4 is 5.32 Å². The average Bonchev–Trinajstić information content (AvgIpc) is 2.68. The molecule has 2 fully saturated rings. The fraction of sp³-hybridized carbons (Fsp3) is 1.00. The summed E-state index contributed by atoms with van der Waals surface area (Å²) in [6, 6.07) is 0.796. The smallest absolute Gasteiger partial charge is 0.0256 e. The van der Waals surface area contributed by atoms with E-state index in [1.807, 2.05) is 0 Å². The number of thioether (sulfide) groups is 1. The zero-order valence-corrected chi connectivity index (χ0v) is 11.9. The molecule has 2 rings (SSSR count). The molecule has 1 nitrogen and oxygen atoms in total. The third-order valence-corrected chi connectivity index (χ3v) is 6.20. The summed E-state index contributed by atoms with van der Waals surface area (Å²) in [7, 11) is 0. The second-order valence-electron chi connectivity index (χ2n) is 6.25. The fourth-order valence-corrected chi connectivity index (χ4v) is 4.32. The van der Waals surface area contributed by atoms with Gasteiger partial charge in [0.1, 0.15) is 0 Å². The van der Waals surface area contributed by atoms with Crippen LogP contribution in [0.25, 0.3) is 0 Å². The molecule has 1 saturated carbocycles. The largest absolute Gasteiger partial charge is 0.313 e. The van der Waals surface area contributed by atoms with E-state index in [4.69, 9.17) is 0 Å². The number of hydrogen-bond donors (Lipinski definition) is 1. The maximum absolute atomic E-state index is 3.83. The first-order valence-electron chi connectivity index (χ1n) is 6.96. The van der Waals surface area contributed by atoms with Crippen molar-refractivity contribution in [1.29, 1.82) is 0 Å². The highest BCUT2D eigenvalue weighted by Crippen LogP contribution is 2.37. The standard InChI is InChI=1S/C14H27NS/c1-11-5-6-13(9-12(11)2)15-10-14(3)7-4-8-16-14/h11-13,15H,4-10H2,1-3H3. The number of nitrogens with one attached hydrogen (secondary N) is 1. The molecule has 1 N–H and O–H groups in total. The third kappa shape index (κ3) is 3.16. The molecule has 0 aromatic rings. The Hall–Kier alpha value is 0.310. The van der Waals surface area contributed by atoms with E-state index in [0.717, 1.165) is 17.9 Å². The topological polar surface area (TPSA) is 12.0 Å². The van der Waals surface area contributed by atoms with E-state index in [1.54, 1.807) is 0 Å². The fourth-order valence-electron chi connectivity index (χ4n) is 3.07. The molecule has 2 heteroatoms. The van der Waals surface area contributed by atoms with Gasteiger partial charge in [-0.05, 0) is 56.6 Å². The quantitative estimate of drug-likeness (QED) is 0.809. The summed E-state index contributed by atoms with van der Waals surface area (Å²) in [5.74, 6) is 3.22. The zero-order chi connectivity index (χ0) is 11.6. The maximum Gasteiger partial charge on any atom is 0.0256 e. The van der Waals surface area contributed by atoms with E-state index >= 15 is 0 Å². The Balaban J connectivity index is 1.74. The summed E-state index contributed by atoms with van der Waals surface area (Å²) < 4.78 is 0.534. The predicted octanol–water partition coefficient (Wildman–Crippen LogP) is 3.69. The highest BCUT2D eigenvalue weighted by Gasteiger charge is 2.31. The van der Waals surface area contributed by atoms with Crippen LogP contribution in [-0.2, 0) is 0 Å². The Morgan fingerprint density at radius 2 is 2.06 bits per heavy atom. The van der Waals surface area contributed by atoms with Gasteiger partial charge in [0.2, 0.25) is 0 Å². The van der Waals surface area contributed by atoms with Crippen LogP contribution in [0.3, 0.4) is 0 Å². The minimum Gasteiger partial charge on any atom is -0.313 e. The van der Waals surface area contributed by atoms with E-state index in [0.29, 0.717) is 4.75 Å². The van der Waals surface area contributed by atoms with Crippen LogP contribution in [0.2, 0.25) is 0 Å². The Labute approximate surface area is 105 Å². The Morgan fingerprint density at radius 3 is 2.69 bits per heavy atom. The lowest BCUT2D eigenvalue weighted by Gasteiger charge is -2.35. The molecule has 0 aromatic heterocycles. The molecule has 0 bridgehead atoms. The molecular formula is C14H27NS. The summed E-state index contributed by atoms with van der Waals surface area (Å²) in [6.07, 6.45) is 7.03. The van der Waals surface area contributed by atoms with E-state index in [1.165, 1.54) is 44.4 Å². The SMILES string of the molecule is CC1CCC(NCC2(C)CCCS2)CC1C.